The standard InChI is InChI=1S/2Al.2ClH.6H/h;;2*1H;;;;;;. The van der Waals surface area contributed by atoms with Crippen molar-refractivity contribution in [1.29, 1.82) is 0 Å². The quantitative estimate of drug-likeness (QED) is 0.352. The third-order valence-corrected chi connectivity index (χ3v) is 0. The first kappa shape index (κ1) is 45.0. The van der Waals surface area contributed by atoms with E-state index in [0.717, 1.165) is 0 Å². The van der Waals surface area contributed by atoms with Crippen molar-refractivity contribution in [2.24, 2.45) is 0 Å². The second kappa shape index (κ2) is 22.8. The average Bonchev–Trinajstić information content (AvgIpc) is 0. The average molecular weight is 133 g/mol. The molecule has 0 aromatic rings. The Morgan fingerprint density at radius 1 is 0.500 bits per heavy atom. The van der Waals surface area contributed by atoms with Crippen molar-refractivity contribution in [2.75, 3.05) is 0 Å². The van der Waals surface area contributed by atoms with Crippen LogP contribution in [0.15, 0.2) is 0 Å². The van der Waals surface area contributed by atoms with Crippen molar-refractivity contribution in [3.8, 4) is 0 Å². The molecule has 0 nitrogen and oxygen atoms in total. The third kappa shape index (κ3) is 9.42. The molecule has 0 aliphatic rings. The van der Waals surface area contributed by atoms with Crippen molar-refractivity contribution in [1.82, 2.24) is 0 Å². The molecule has 0 amide bonds. The number of hydrogen-bond donors (Lipinski definition) is 0. The molecule has 0 rings (SSSR count). The van der Waals surface area contributed by atoms with Crippen LogP contribution in [0.2, 0.25) is 0 Å². The molecule has 0 bridgehead atoms. The Bertz CT molecular complexity index is 4.00. The molecule has 0 unspecified atom stereocenters. The fourth-order valence-electron chi connectivity index (χ4n) is 0. The number of halogens is 2. The highest BCUT2D eigenvalue weighted by Crippen LogP contribution is 0.691. The Labute approximate surface area is 59.4 Å². The van der Waals surface area contributed by atoms with E-state index in [0.29, 0.717) is 0 Å². The number of rotatable bonds is 0. The maximum atomic E-state index is 0. The molecule has 0 heterocycles. The van der Waals surface area contributed by atoms with Gasteiger partial charge in [0.2, 0.25) is 0 Å². The molecule has 0 aromatic heterocycles. The Hall–Kier alpha value is 1.64. The molecule has 0 spiro atoms. The van der Waals surface area contributed by atoms with Crippen molar-refractivity contribution in [3.63, 3.8) is 0 Å². The summed E-state index contributed by atoms with van der Waals surface area (Å²) in [6.45, 7) is 0. The molecule has 4 heavy (non-hydrogen) atoms. The van der Waals surface area contributed by atoms with Crippen LogP contribution in [0, 0.1) is 0 Å². The second-order valence-electron chi connectivity index (χ2n) is 0. The third-order valence-electron chi connectivity index (χ3n) is 0. The van der Waals surface area contributed by atoms with E-state index >= 15 is 0 Å². The van der Waals surface area contributed by atoms with Crippen LogP contribution in [0.25, 0.3) is 0 Å². The molecule has 0 atom stereocenters. The van der Waals surface area contributed by atoms with Gasteiger partial charge in [0.1, 0.15) is 0 Å². The summed E-state index contributed by atoms with van der Waals surface area (Å²) in [4.78, 5) is 0. The van der Waals surface area contributed by atoms with E-state index in [1.807, 2.05) is 0 Å². The van der Waals surface area contributed by atoms with Gasteiger partial charge in [-0.05, 0) is 0 Å². The lowest BCUT2D eigenvalue weighted by molar-refractivity contribution is 5.75. The summed E-state index contributed by atoms with van der Waals surface area (Å²) in [5.41, 5.74) is 0. The van der Waals surface area contributed by atoms with Crippen LogP contribution in [0.1, 0.15) is 0 Å². The van der Waals surface area contributed by atoms with Gasteiger partial charge >= 0.3 is 0 Å². The highest BCUT2D eigenvalue weighted by molar-refractivity contribution is 5.85. The first-order chi connectivity index (χ1) is 0. The minimum atomic E-state index is 0. The van der Waals surface area contributed by atoms with Gasteiger partial charge in [0.25, 0.3) is 0 Å². The predicted octanol–water partition coefficient (Wildman–Crippen LogP) is -1.52. The molecule has 0 radical (unpaired) electrons. The van der Waals surface area contributed by atoms with Gasteiger partial charge in [-0.3, -0.25) is 0 Å². The van der Waals surface area contributed by atoms with E-state index in [4.69, 9.17) is 0 Å². The van der Waals surface area contributed by atoms with Gasteiger partial charge in [-0.15, -0.1) is 24.8 Å². The highest BCUT2D eigenvalue weighted by atomic mass is 35.5. The molecule has 0 aromatic carbocycles. The summed E-state index contributed by atoms with van der Waals surface area (Å²) >= 11 is 0. The molecule has 0 saturated carbocycles. The topological polar surface area (TPSA) is 0 Å². The predicted molar refractivity (Wildman–Crippen MR) is 34.4 cm³/mol. The summed E-state index contributed by atoms with van der Waals surface area (Å²) in [6, 6.07) is 0. The largest absolute Gasteiger partial charge is 0.187 e. The highest BCUT2D eigenvalue weighted by Gasteiger charge is 0.188. The van der Waals surface area contributed by atoms with Crippen molar-refractivity contribution in [3.05, 3.63) is 0 Å². The maximum absolute atomic E-state index is 0. The molecular weight excluding hydrogens is 125 g/mol. The van der Waals surface area contributed by atoms with Gasteiger partial charge in [0, 0.05) is 0 Å². The van der Waals surface area contributed by atoms with Gasteiger partial charge in [0.15, 0.2) is 34.7 Å². The monoisotopic (exact) mass is 132 g/mol. The lowest BCUT2D eigenvalue weighted by atomic mass is 27.0. The summed E-state index contributed by atoms with van der Waals surface area (Å²) < 4.78 is 0. The molecule has 0 saturated heterocycles. The van der Waals surface area contributed by atoms with Gasteiger partial charge < -0.3 is 0 Å². The van der Waals surface area contributed by atoms with E-state index in [2.05, 4.69) is 0 Å². The van der Waals surface area contributed by atoms with Crippen molar-refractivity contribution in [2.45, 2.75) is 0 Å². The van der Waals surface area contributed by atoms with Crippen LogP contribution >= 0.6 is 24.8 Å². The van der Waals surface area contributed by atoms with Gasteiger partial charge in [-0.2, -0.15) is 0 Å². The Balaban J connectivity index is 0. The summed E-state index contributed by atoms with van der Waals surface area (Å²) in [5, 5.41) is 0. The minimum absolute atomic E-state index is 0. The van der Waals surface area contributed by atoms with Crippen LogP contribution in [0.3, 0.4) is 0 Å². The molecule has 4 heteroatoms. The minimum Gasteiger partial charge on any atom is -0.147 e. The van der Waals surface area contributed by atoms with E-state index in [1.165, 1.54) is 0 Å². The normalized spacial score (nSPS) is 0. The Morgan fingerprint density at radius 2 is 0.500 bits per heavy atom. The van der Waals surface area contributed by atoms with Gasteiger partial charge in [-0.25, -0.2) is 0 Å². The van der Waals surface area contributed by atoms with Gasteiger partial charge in [0.05, 0.1) is 0 Å². The zero-order valence-corrected chi connectivity index (χ0v) is 2.45. The lowest BCUT2D eigenvalue weighted by Gasteiger charge is -0.148. The molecule has 0 fully saturated rings. The fourth-order valence-corrected chi connectivity index (χ4v) is 0. The smallest absolute Gasteiger partial charge is 0.147 e. The maximum Gasteiger partial charge on any atom is 0.187 e. The lowest BCUT2D eigenvalue weighted by Crippen LogP contribution is -0.382. The van der Waals surface area contributed by atoms with E-state index < -0.39 is 0 Å². The second-order valence-corrected chi connectivity index (χ2v) is 0. The Morgan fingerprint density at radius 3 is 0.500 bits per heavy atom. The fraction of sp³-hybridized carbons (Fsp3) is 0. The van der Waals surface area contributed by atoms with E-state index in [-0.39, 0.29) is 59.5 Å². The zero-order valence-electron chi connectivity index (χ0n) is 0.816. The zero-order chi connectivity index (χ0) is 0. The van der Waals surface area contributed by atoms with E-state index in [1.54, 1.807) is 0 Å². The van der Waals surface area contributed by atoms with Crippen LogP contribution in [0.5, 0.6) is 0 Å². The molecular formula is H8Al2Cl2. The first-order valence-corrected chi connectivity index (χ1v) is 0. The van der Waals surface area contributed by atoms with Crippen molar-refractivity contribution < 1.29 is 0 Å². The SMILES string of the molecule is Cl.Cl.[AlH3].[AlH3]. The molecule has 0 aliphatic carbocycles. The van der Waals surface area contributed by atoms with E-state index in [9.17, 15) is 0 Å². The summed E-state index contributed by atoms with van der Waals surface area (Å²) in [7, 11) is 0. The van der Waals surface area contributed by atoms with Crippen LogP contribution in [0.4, 0.5) is 0 Å². The van der Waals surface area contributed by atoms with Crippen LogP contribution < -0.4 is 0 Å². The molecule has 0 aliphatic heterocycles. The first-order valence-electron chi connectivity index (χ1n) is 0. The van der Waals surface area contributed by atoms with Gasteiger partial charge in [-0.1, -0.05) is 0 Å². The summed E-state index contributed by atoms with van der Waals surface area (Å²) in [6.07, 6.45) is 0. The number of hydrogen-bond acceptors (Lipinski definition) is 0. The Kier molecular flexibility index (Phi) is 257. The summed E-state index contributed by atoms with van der Waals surface area (Å²) in [5.74, 6) is 0. The van der Waals surface area contributed by atoms with Crippen molar-refractivity contribution >= 4 is 59.5 Å². The molecule has 0 N–H and O–H groups in total. The van der Waals surface area contributed by atoms with Crippen LogP contribution in [-0.4, -0.2) is 34.7 Å². The molecule has 28 valence electrons. The van der Waals surface area contributed by atoms with Crippen LogP contribution in [-0.2, 0) is 0 Å².